The Bertz CT molecular complexity index is 195. The molecule has 0 aromatic heterocycles. The minimum absolute atomic E-state index is 0.170. The Morgan fingerprint density at radius 1 is 1.47 bits per heavy atom. The minimum atomic E-state index is 0.170. The molecular formula is C10H23N3O2. The summed E-state index contributed by atoms with van der Waals surface area (Å²) >= 11 is 0. The Morgan fingerprint density at radius 2 is 2.07 bits per heavy atom. The lowest BCUT2D eigenvalue weighted by Crippen LogP contribution is -2.44. The van der Waals surface area contributed by atoms with E-state index in [0.717, 1.165) is 0 Å². The maximum atomic E-state index is 8.44. The first-order chi connectivity index (χ1) is 7.01. The number of ether oxygens (including phenoxy) is 1. The number of nitrogens with one attached hydrogen (secondary N) is 1. The standard InChI is InChI=1S/C10H23N3O2/c1-7(2)9(6-15-4)12-8(3)5-10(11)13-14/h7-9,12,14H,5-6H2,1-4H3,(H2,11,13). The van der Waals surface area contributed by atoms with E-state index in [1.54, 1.807) is 7.11 Å². The van der Waals surface area contributed by atoms with Crippen LogP contribution in [0.5, 0.6) is 0 Å². The van der Waals surface area contributed by atoms with Gasteiger partial charge in [0.2, 0.25) is 0 Å². The number of methoxy groups -OCH3 is 1. The summed E-state index contributed by atoms with van der Waals surface area (Å²) in [4.78, 5) is 0. The molecule has 5 heteroatoms. The second kappa shape index (κ2) is 7.48. The van der Waals surface area contributed by atoms with Gasteiger partial charge in [-0.15, -0.1) is 0 Å². The van der Waals surface area contributed by atoms with Crippen molar-refractivity contribution in [3.8, 4) is 0 Å². The molecule has 0 saturated heterocycles. The van der Waals surface area contributed by atoms with Crippen LogP contribution in [-0.4, -0.2) is 36.8 Å². The predicted octanol–water partition coefficient (Wildman–Crippen LogP) is 0.772. The van der Waals surface area contributed by atoms with Gasteiger partial charge in [0.05, 0.1) is 6.61 Å². The third kappa shape index (κ3) is 6.30. The molecule has 0 aromatic rings. The van der Waals surface area contributed by atoms with Crippen LogP contribution in [-0.2, 0) is 4.74 Å². The Kier molecular flexibility index (Phi) is 7.07. The molecule has 0 spiro atoms. The van der Waals surface area contributed by atoms with Crippen LogP contribution < -0.4 is 11.1 Å². The van der Waals surface area contributed by atoms with E-state index < -0.39 is 0 Å². The lowest BCUT2D eigenvalue weighted by molar-refractivity contribution is 0.142. The van der Waals surface area contributed by atoms with Gasteiger partial charge < -0.3 is 21.0 Å². The van der Waals surface area contributed by atoms with Crippen LogP contribution in [0.15, 0.2) is 5.16 Å². The van der Waals surface area contributed by atoms with Crippen LogP contribution in [0, 0.1) is 5.92 Å². The minimum Gasteiger partial charge on any atom is -0.409 e. The first-order valence-electron chi connectivity index (χ1n) is 5.22. The Balaban J connectivity index is 4.04. The molecule has 0 aliphatic carbocycles. The maximum Gasteiger partial charge on any atom is 0.140 e. The number of rotatable bonds is 7. The van der Waals surface area contributed by atoms with E-state index >= 15 is 0 Å². The zero-order chi connectivity index (χ0) is 11.8. The summed E-state index contributed by atoms with van der Waals surface area (Å²) in [5, 5.41) is 14.8. The van der Waals surface area contributed by atoms with Gasteiger partial charge in [0.1, 0.15) is 5.84 Å². The molecule has 4 N–H and O–H groups in total. The molecule has 2 atom stereocenters. The SMILES string of the molecule is COCC(NC(C)CC(N)=NO)C(C)C. The monoisotopic (exact) mass is 217 g/mol. The highest BCUT2D eigenvalue weighted by atomic mass is 16.5. The van der Waals surface area contributed by atoms with Crippen molar-refractivity contribution in [1.29, 1.82) is 0 Å². The highest BCUT2D eigenvalue weighted by Crippen LogP contribution is 2.04. The molecule has 0 rings (SSSR count). The van der Waals surface area contributed by atoms with Gasteiger partial charge in [-0.25, -0.2) is 0 Å². The van der Waals surface area contributed by atoms with Crippen molar-refractivity contribution >= 4 is 5.84 Å². The zero-order valence-electron chi connectivity index (χ0n) is 10.0. The molecule has 0 bridgehead atoms. The van der Waals surface area contributed by atoms with Crippen molar-refractivity contribution < 1.29 is 9.94 Å². The van der Waals surface area contributed by atoms with E-state index in [4.69, 9.17) is 15.7 Å². The smallest absolute Gasteiger partial charge is 0.140 e. The van der Waals surface area contributed by atoms with Crippen molar-refractivity contribution in [1.82, 2.24) is 5.32 Å². The Hall–Kier alpha value is -0.810. The third-order valence-electron chi connectivity index (χ3n) is 2.29. The Morgan fingerprint density at radius 3 is 2.47 bits per heavy atom. The van der Waals surface area contributed by atoms with E-state index in [9.17, 15) is 0 Å². The van der Waals surface area contributed by atoms with Crippen LogP contribution in [0.2, 0.25) is 0 Å². The van der Waals surface area contributed by atoms with E-state index in [1.165, 1.54) is 0 Å². The van der Waals surface area contributed by atoms with Crippen LogP contribution in [0.4, 0.5) is 0 Å². The summed E-state index contributed by atoms with van der Waals surface area (Å²) in [6.07, 6.45) is 0.531. The highest BCUT2D eigenvalue weighted by molar-refractivity contribution is 5.80. The van der Waals surface area contributed by atoms with E-state index in [-0.39, 0.29) is 17.9 Å². The first-order valence-corrected chi connectivity index (χ1v) is 5.22. The molecule has 90 valence electrons. The molecule has 15 heavy (non-hydrogen) atoms. The topological polar surface area (TPSA) is 79.9 Å². The zero-order valence-corrected chi connectivity index (χ0v) is 10.0. The molecule has 0 heterocycles. The summed E-state index contributed by atoms with van der Waals surface area (Å²) in [5.74, 6) is 0.731. The van der Waals surface area contributed by atoms with E-state index in [0.29, 0.717) is 18.9 Å². The third-order valence-corrected chi connectivity index (χ3v) is 2.29. The summed E-state index contributed by atoms with van der Waals surface area (Å²) in [6, 6.07) is 0.458. The van der Waals surface area contributed by atoms with Gasteiger partial charge in [-0.3, -0.25) is 0 Å². The fraction of sp³-hybridized carbons (Fsp3) is 0.900. The van der Waals surface area contributed by atoms with Gasteiger partial charge in [0.25, 0.3) is 0 Å². The average Bonchev–Trinajstić information content (AvgIpc) is 2.16. The van der Waals surface area contributed by atoms with Gasteiger partial charge in [-0.1, -0.05) is 19.0 Å². The van der Waals surface area contributed by atoms with Crippen LogP contribution in [0.25, 0.3) is 0 Å². The maximum absolute atomic E-state index is 8.44. The van der Waals surface area contributed by atoms with E-state index in [1.807, 2.05) is 6.92 Å². The van der Waals surface area contributed by atoms with Crippen LogP contribution in [0.1, 0.15) is 27.2 Å². The van der Waals surface area contributed by atoms with Gasteiger partial charge in [-0.05, 0) is 12.8 Å². The number of oxime groups is 1. The summed E-state index contributed by atoms with van der Waals surface area (Å²) < 4.78 is 5.12. The van der Waals surface area contributed by atoms with Gasteiger partial charge >= 0.3 is 0 Å². The molecule has 0 aliphatic rings. The summed E-state index contributed by atoms with van der Waals surface area (Å²) in [6.45, 7) is 6.93. The van der Waals surface area contributed by atoms with Gasteiger partial charge in [-0.2, -0.15) is 0 Å². The van der Waals surface area contributed by atoms with E-state index in [2.05, 4.69) is 24.3 Å². The molecule has 5 nitrogen and oxygen atoms in total. The van der Waals surface area contributed by atoms with Crippen molar-refractivity contribution in [3.05, 3.63) is 0 Å². The molecule has 0 amide bonds. The number of nitrogens with zero attached hydrogens (tertiary/aromatic N) is 1. The van der Waals surface area contributed by atoms with Crippen molar-refractivity contribution in [2.45, 2.75) is 39.3 Å². The molecular weight excluding hydrogens is 194 g/mol. The number of nitrogens with two attached hydrogens (primary N) is 1. The van der Waals surface area contributed by atoms with Crippen molar-refractivity contribution in [2.24, 2.45) is 16.8 Å². The predicted molar refractivity (Wildman–Crippen MR) is 61.1 cm³/mol. The molecule has 0 saturated carbocycles. The average molecular weight is 217 g/mol. The lowest BCUT2D eigenvalue weighted by Gasteiger charge is -2.25. The Labute approximate surface area is 91.7 Å². The fourth-order valence-electron chi connectivity index (χ4n) is 1.39. The number of amidine groups is 1. The quantitative estimate of drug-likeness (QED) is 0.255. The van der Waals surface area contributed by atoms with Crippen LogP contribution in [0.3, 0.4) is 0 Å². The molecule has 0 radical (unpaired) electrons. The summed E-state index contributed by atoms with van der Waals surface area (Å²) in [7, 11) is 1.69. The largest absolute Gasteiger partial charge is 0.409 e. The van der Waals surface area contributed by atoms with Gasteiger partial charge in [0, 0.05) is 25.6 Å². The first kappa shape index (κ1) is 14.2. The number of hydrogen-bond donors (Lipinski definition) is 3. The van der Waals surface area contributed by atoms with Crippen molar-refractivity contribution in [2.75, 3.05) is 13.7 Å². The molecule has 0 fully saturated rings. The molecule has 2 unspecified atom stereocenters. The second-order valence-corrected chi connectivity index (χ2v) is 4.17. The normalized spacial score (nSPS) is 16.7. The fourth-order valence-corrected chi connectivity index (χ4v) is 1.39. The van der Waals surface area contributed by atoms with Crippen LogP contribution >= 0.6 is 0 Å². The second-order valence-electron chi connectivity index (χ2n) is 4.17. The lowest BCUT2D eigenvalue weighted by atomic mass is 10.0. The molecule has 0 aliphatic heterocycles. The molecule has 0 aromatic carbocycles. The van der Waals surface area contributed by atoms with Gasteiger partial charge in [0.15, 0.2) is 0 Å². The highest BCUT2D eigenvalue weighted by Gasteiger charge is 2.16. The number of hydrogen-bond acceptors (Lipinski definition) is 4. The van der Waals surface area contributed by atoms with Crippen molar-refractivity contribution in [3.63, 3.8) is 0 Å². The summed E-state index contributed by atoms with van der Waals surface area (Å²) in [5.41, 5.74) is 5.43.